The van der Waals surface area contributed by atoms with Gasteiger partial charge >= 0.3 is 0 Å². The van der Waals surface area contributed by atoms with Crippen molar-refractivity contribution in [2.45, 2.75) is 0 Å². The van der Waals surface area contributed by atoms with E-state index >= 15 is 0 Å². The molecule has 0 saturated carbocycles. The highest BCUT2D eigenvalue weighted by atomic mass is 19.2. The zero-order valence-electron chi connectivity index (χ0n) is 10.5. The van der Waals surface area contributed by atoms with Crippen molar-refractivity contribution < 1.29 is 31.4 Å². The fourth-order valence-corrected chi connectivity index (χ4v) is 1.54. The first-order valence-corrected chi connectivity index (χ1v) is 5.84. The molecule has 2 rings (SSSR count). The second kappa shape index (κ2) is 6.43. The van der Waals surface area contributed by atoms with Crippen LogP contribution in [0.5, 0.6) is 11.5 Å². The molecular weight excluding hydrogens is 295 g/mol. The summed E-state index contributed by atoms with van der Waals surface area (Å²) >= 11 is 0. The van der Waals surface area contributed by atoms with Crippen LogP contribution in [0.15, 0.2) is 30.3 Å². The van der Waals surface area contributed by atoms with E-state index < -0.39 is 41.4 Å². The molecule has 21 heavy (non-hydrogen) atoms. The van der Waals surface area contributed by atoms with Gasteiger partial charge in [0.25, 0.3) is 0 Å². The fraction of sp³-hybridized carbons (Fsp3) is 0.143. The highest BCUT2D eigenvalue weighted by molar-refractivity contribution is 5.28. The first kappa shape index (κ1) is 15.1. The minimum absolute atomic E-state index is 0.0764. The fourth-order valence-electron chi connectivity index (χ4n) is 1.54. The van der Waals surface area contributed by atoms with E-state index in [-0.39, 0.29) is 18.4 Å². The van der Waals surface area contributed by atoms with Crippen molar-refractivity contribution in [3.63, 3.8) is 0 Å². The molecule has 0 heterocycles. The Morgan fingerprint density at radius 3 is 1.90 bits per heavy atom. The SMILES string of the molecule is Fc1ccccc1OCCOc1c(F)c(F)cc(F)c1F. The van der Waals surface area contributed by atoms with Gasteiger partial charge in [-0.2, -0.15) is 8.78 Å². The van der Waals surface area contributed by atoms with Crippen molar-refractivity contribution in [3.05, 3.63) is 59.4 Å². The maximum absolute atomic E-state index is 13.2. The van der Waals surface area contributed by atoms with Gasteiger partial charge in [-0.3, -0.25) is 0 Å². The van der Waals surface area contributed by atoms with E-state index in [1.807, 2.05) is 0 Å². The van der Waals surface area contributed by atoms with Crippen LogP contribution in [0.2, 0.25) is 0 Å². The number of ether oxygens (including phenoxy) is 2. The molecule has 2 aromatic carbocycles. The molecule has 0 N–H and O–H groups in total. The lowest BCUT2D eigenvalue weighted by Crippen LogP contribution is -2.12. The molecule has 2 aromatic rings. The van der Waals surface area contributed by atoms with Gasteiger partial charge < -0.3 is 9.47 Å². The summed E-state index contributed by atoms with van der Waals surface area (Å²) in [4.78, 5) is 0. The van der Waals surface area contributed by atoms with E-state index in [0.717, 1.165) is 6.07 Å². The molecule has 2 nitrogen and oxygen atoms in total. The average molecular weight is 304 g/mol. The Labute approximate surface area is 116 Å². The summed E-state index contributed by atoms with van der Waals surface area (Å²) in [6.45, 7) is -0.691. The molecule has 0 aliphatic heterocycles. The van der Waals surface area contributed by atoms with Gasteiger partial charge in [0.2, 0.25) is 11.6 Å². The zero-order chi connectivity index (χ0) is 15.4. The third kappa shape index (κ3) is 3.42. The Hall–Kier alpha value is -2.31. The highest BCUT2D eigenvalue weighted by Gasteiger charge is 2.20. The number of rotatable bonds is 5. The second-order valence-electron chi connectivity index (χ2n) is 3.92. The maximum Gasteiger partial charge on any atom is 0.203 e. The quantitative estimate of drug-likeness (QED) is 0.475. The van der Waals surface area contributed by atoms with Crippen LogP contribution < -0.4 is 9.47 Å². The lowest BCUT2D eigenvalue weighted by Gasteiger charge is -2.10. The first-order chi connectivity index (χ1) is 10.0. The average Bonchev–Trinajstić information content (AvgIpc) is 2.46. The van der Waals surface area contributed by atoms with E-state index in [1.54, 1.807) is 0 Å². The van der Waals surface area contributed by atoms with Crippen molar-refractivity contribution in [2.24, 2.45) is 0 Å². The largest absolute Gasteiger partial charge is 0.487 e. The van der Waals surface area contributed by atoms with Gasteiger partial charge in [-0.15, -0.1) is 0 Å². The van der Waals surface area contributed by atoms with Gasteiger partial charge in [-0.05, 0) is 12.1 Å². The van der Waals surface area contributed by atoms with E-state index in [2.05, 4.69) is 4.74 Å². The molecular formula is C14H9F5O2. The molecule has 112 valence electrons. The highest BCUT2D eigenvalue weighted by Crippen LogP contribution is 2.26. The predicted molar refractivity (Wildman–Crippen MR) is 63.7 cm³/mol. The molecule has 0 saturated heterocycles. The van der Waals surface area contributed by atoms with Crippen molar-refractivity contribution >= 4 is 0 Å². The molecule has 0 radical (unpaired) electrons. The Balaban J connectivity index is 1.97. The zero-order valence-corrected chi connectivity index (χ0v) is 10.5. The molecule has 0 spiro atoms. The minimum atomic E-state index is -1.64. The Morgan fingerprint density at radius 1 is 0.714 bits per heavy atom. The number of para-hydroxylation sites is 1. The molecule has 0 aliphatic rings. The second-order valence-corrected chi connectivity index (χ2v) is 3.92. The number of benzene rings is 2. The van der Waals surface area contributed by atoms with Gasteiger partial charge in [0.05, 0.1) is 0 Å². The Bertz CT molecular complexity index is 619. The Kier molecular flexibility index (Phi) is 4.62. The predicted octanol–water partition coefficient (Wildman–Crippen LogP) is 3.84. The molecule has 0 aromatic heterocycles. The summed E-state index contributed by atoms with van der Waals surface area (Å²) in [7, 11) is 0. The molecule has 0 atom stereocenters. The number of hydrogen-bond donors (Lipinski definition) is 0. The molecule has 0 amide bonds. The molecule has 0 unspecified atom stereocenters. The van der Waals surface area contributed by atoms with E-state index in [0.29, 0.717) is 0 Å². The molecule has 7 heteroatoms. The lowest BCUT2D eigenvalue weighted by atomic mass is 10.3. The van der Waals surface area contributed by atoms with Crippen molar-refractivity contribution in [1.82, 2.24) is 0 Å². The number of hydrogen-bond acceptors (Lipinski definition) is 2. The Morgan fingerprint density at radius 2 is 1.29 bits per heavy atom. The summed E-state index contributed by atoms with van der Waals surface area (Å²) in [5, 5.41) is 0. The molecule has 0 fully saturated rings. The van der Waals surface area contributed by atoms with Gasteiger partial charge in [-0.1, -0.05) is 12.1 Å². The summed E-state index contributed by atoms with van der Waals surface area (Å²) in [6, 6.07) is 5.57. The monoisotopic (exact) mass is 304 g/mol. The topological polar surface area (TPSA) is 18.5 Å². The summed E-state index contributed by atoms with van der Waals surface area (Å²) in [5.74, 6) is -8.29. The van der Waals surface area contributed by atoms with Crippen LogP contribution in [-0.2, 0) is 0 Å². The van der Waals surface area contributed by atoms with E-state index in [4.69, 9.17) is 4.74 Å². The van der Waals surface area contributed by atoms with Crippen LogP contribution in [0.25, 0.3) is 0 Å². The molecule has 0 bridgehead atoms. The maximum atomic E-state index is 13.2. The third-order valence-corrected chi connectivity index (χ3v) is 2.50. The normalized spacial score (nSPS) is 10.5. The van der Waals surface area contributed by atoms with Gasteiger partial charge in [0, 0.05) is 6.07 Å². The standard InChI is InChI=1S/C14H9F5O2/c15-8-3-1-2-4-11(8)20-5-6-21-14-12(18)9(16)7-10(17)13(14)19/h1-4,7H,5-6H2. The summed E-state index contributed by atoms with van der Waals surface area (Å²) < 4.78 is 75.1. The third-order valence-electron chi connectivity index (χ3n) is 2.50. The van der Waals surface area contributed by atoms with Gasteiger partial charge in [-0.25, -0.2) is 13.2 Å². The van der Waals surface area contributed by atoms with Crippen LogP contribution in [0.3, 0.4) is 0 Å². The van der Waals surface area contributed by atoms with Crippen molar-refractivity contribution in [1.29, 1.82) is 0 Å². The van der Waals surface area contributed by atoms with Crippen molar-refractivity contribution in [2.75, 3.05) is 13.2 Å². The van der Waals surface area contributed by atoms with Gasteiger partial charge in [0.1, 0.15) is 13.2 Å². The van der Waals surface area contributed by atoms with Gasteiger partial charge in [0.15, 0.2) is 29.0 Å². The van der Waals surface area contributed by atoms with E-state index in [9.17, 15) is 22.0 Å². The molecule has 0 aliphatic carbocycles. The summed E-state index contributed by atoms with van der Waals surface area (Å²) in [6.07, 6.45) is 0. The smallest absolute Gasteiger partial charge is 0.203 e. The van der Waals surface area contributed by atoms with Crippen LogP contribution >= 0.6 is 0 Å². The summed E-state index contributed by atoms with van der Waals surface area (Å²) in [5.41, 5.74) is 0. The first-order valence-electron chi connectivity index (χ1n) is 5.84. The van der Waals surface area contributed by atoms with Crippen LogP contribution in [0, 0.1) is 29.1 Å². The van der Waals surface area contributed by atoms with Crippen molar-refractivity contribution in [3.8, 4) is 11.5 Å². The lowest BCUT2D eigenvalue weighted by molar-refractivity contribution is 0.196. The minimum Gasteiger partial charge on any atom is -0.487 e. The van der Waals surface area contributed by atoms with Crippen LogP contribution in [-0.4, -0.2) is 13.2 Å². The van der Waals surface area contributed by atoms with Crippen LogP contribution in [0.1, 0.15) is 0 Å². The van der Waals surface area contributed by atoms with E-state index in [1.165, 1.54) is 18.2 Å². The van der Waals surface area contributed by atoms with Crippen LogP contribution in [0.4, 0.5) is 22.0 Å². The number of halogens is 5.